The van der Waals surface area contributed by atoms with Gasteiger partial charge in [0.2, 0.25) is 5.91 Å². The predicted octanol–water partition coefficient (Wildman–Crippen LogP) is 4.36. The highest BCUT2D eigenvalue weighted by Gasteiger charge is 2.24. The molecule has 3 heteroatoms. The quantitative estimate of drug-likeness (QED) is 0.680. The number of nitrogens with zero attached hydrogens (tertiary/aromatic N) is 2. The second-order valence-corrected chi connectivity index (χ2v) is 7.21. The van der Waals surface area contributed by atoms with E-state index in [1.807, 2.05) is 48.3 Å². The van der Waals surface area contributed by atoms with Crippen molar-refractivity contribution in [3.05, 3.63) is 101 Å². The van der Waals surface area contributed by atoms with Crippen LogP contribution in [0.4, 0.5) is 0 Å². The number of hydrogen-bond donors (Lipinski definition) is 0. The summed E-state index contributed by atoms with van der Waals surface area (Å²) in [5.74, 6) is 0.104. The highest BCUT2D eigenvalue weighted by molar-refractivity contribution is 5.79. The zero-order chi connectivity index (χ0) is 18.6. The Kier molecular flexibility index (Phi) is 5.01. The summed E-state index contributed by atoms with van der Waals surface area (Å²) in [5, 5.41) is 0. The van der Waals surface area contributed by atoms with E-state index in [0.29, 0.717) is 6.42 Å². The number of amides is 1. The van der Waals surface area contributed by atoms with Gasteiger partial charge in [-0.05, 0) is 53.6 Å². The molecule has 0 fully saturated rings. The van der Waals surface area contributed by atoms with Crippen LogP contribution in [0.2, 0.25) is 0 Å². The average Bonchev–Trinajstić information content (AvgIpc) is 3.17. The lowest BCUT2D eigenvalue weighted by Gasteiger charge is -2.28. The molecule has 0 saturated carbocycles. The van der Waals surface area contributed by atoms with Gasteiger partial charge in [0.25, 0.3) is 0 Å². The summed E-state index contributed by atoms with van der Waals surface area (Å²) in [4.78, 5) is 19.4. The van der Waals surface area contributed by atoms with Gasteiger partial charge in [-0.2, -0.15) is 0 Å². The molecule has 3 nitrogen and oxygen atoms in total. The molecule has 136 valence electrons. The third kappa shape index (κ3) is 3.77. The molecule has 1 aromatic heterocycles. The molecular weight excluding hydrogens is 332 g/mol. The number of benzene rings is 2. The van der Waals surface area contributed by atoms with Gasteiger partial charge in [0.05, 0.1) is 18.2 Å². The third-order valence-electron chi connectivity index (χ3n) is 5.38. The van der Waals surface area contributed by atoms with Gasteiger partial charge in [-0.25, -0.2) is 0 Å². The summed E-state index contributed by atoms with van der Waals surface area (Å²) >= 11 is 0. The molecule has 0 bridgehead atoms. The monoisotopic (exact) mass is 356 g/mol. The minimum Gasteiger partial charge on any atom is -0.333 e. The van der Waals surface area contributed by atoms with Crippen molar-refractivity contribution in [1.82, 2.24) is 9.88 Å². The number of pyridine rings is 1. The van der Waals surface area contributed by atoms with E-state index in [1.165, 1.54) is 24.0 Å². The molecule has 0 saturated heterocycles. The molecule has 0 N–H and O–H groups in total. The number of carbonyl (C=O) groups excluding carboxylic acids is 1. The van der Waals surface area contributed by atoms with Gasteiger partial charge >= 0.3 is 0 Å². The molecule has 27 heavy (non-hydrogen) atoms. The molecule has 0 spiro atoms. The van der Waals surface area contributed by atoms with Gasteiger partial charge in [-0.1, -0.05) is 54.6 Å². The van der Waals surface area contributed by atoms with E-state index in [9.17, 15) is 4.79 Å². The van der Waals surface area contributed by atoms with Crippen molar-refractivity contribution in [2.24, 2.45) is 0 Å². The summed E-state index contributed by atoms with van der Waals surface area (Å²) in [6, 6.07) is 22.3. The molecule has 1 amide bonds. The van der Waals surface area contributed by atoms with Crippen LogP contribution >= 0.6 is 0 Å². The van der Waals surface area contributed by atoms with E-state index in [1.54, 1.807) is 6.20 Å². The Morgan fingerprint density at radius 1 is 1.00 bits per heavy atom. The molecule has 1 atom stereocenters. The standard InChI is InChI=1S/C24H24N2O/c1-26(23(27)17-18-13-14-19-10-7-11-21(19)16-18)24(20-8-3-2-4-9-20)22-12-5-6-15-25-22/h2-6,8-9,12-16,24H,7,10-11,17H2,1H3. The number of aromatic nitrogens is 1. The fourth-order valence-electron chi connectivity index (χ4n) is 3.94. The van der Waals surface area contributed by atoms with Crippen molar-refractivity contribution < 1.29 is 4.79 Å². The first-order chi connectivity index (χ1) is 13.2. The zero-order valence-corrected chi connectivity index (χ0v) is 15.6. The molecule has 0 radical (unpaired) electrons. The van der Waals surface area contributed by atoms with Gasteiger partial charge in [0.1, 0.15) is 0 Å². The summed E-state index contributed by atoms with van der Waals surface area (Å²) < 4.78 is 0. The van der Waals surface area contributed by atoms with Crippen molar-refractivity contribution in [1.29, 1.82) is 0 Å². The molecular formula is C24H24N2O. The molecule has 1 heterocycles. The Balaban J connectivity index is 1.59. The first-order valence-corrected chi connectivity index (χ1v) is 9.54. The summed E-state index contributed by atoms with van der Waals surface area (Å²) in [5.41, 5.74) is 5.90. The topological polar surface area (TPSA) is 33.2 Å². The molecule has 1 aliphatic carbocycles. The lowest BCUT2D eigenvalue weighted by Crippen LogP contribution is -2.33. The lowest BCUT2D eigenvalue weighted by atomic mass is 10.00. The van der Waals surface area contributed by atoms with Crippen molar-refractivity contribution in [3.8, 4) is 0 Å². The van der Waals surface area contributed by atoms with Crippen LogP contribution < -0.4 is 0 Å². The SMILES string of the molecule is CN(C(=O)Cc1ccc2c(c1)CCC2)C(c1ccccc1)c1ccccn1. The number of carbonyl (C=O) groups is 1. The maximum Gasteiger partial charge on any atom is 0.227 e. The molecule has 0 aliphatic heterocycles. The van der Waals surface area contributed by atoms with Crippen LogP contribution in [-0.2, 0) is 24.1 Å². The van der Waals surface area contributed by atoms with Gasteiger partial charge in [0, 0.05) is 13.2 Å². The maximum absolute atomic E-state index is 13.1. The van der Waals surface area contributed by atoms with Crippen LogP contribution in [0.5, 0.6) is 0 Å². The number of likely N-dealkylation sites (N-methyl/N-ethyl adjacent to an activating group) is 1. The summed E-state index contributed by atoms with van der Waals surface area (Å²) in [6.45, 7) is 0. The predicted molar refractivity (Wildman–Crippen MR) is 107 cm³/mol. The van der Waals surface area contributed by atoms with E-state index in [-0.39, 0.29) is 11.9 Å². The van der Waals surface area contributed by atoms with E-state index >= 15 is 0 Å². The Bertz CT molecular complexity index is 882. The number of rotatable bonds is 5. The summed E-state index contributed by atoms with van der Waals surface area (Å²) in [7, 11) is 1.88. The Morgan fingerprint density at radius 3 is 2.56 bits per heavy atom. The minimum atomic E-state index is -0.186. The van der Waals surface area contributed by atoms with Crippen molar-refractivity contribution in [3.63, 3.8) is 0 Å². The molecule has 3 aromatic rings. The zero-order valence-electron chi connectivity index (χ0n) is 15.6. The Morgan fingerprint density at radius 2 is 1.78 bits per heavy atom. The number of fused-ring (bicyclic) bond motifs is 1. The van der Waals surface area contributed by atoms with Crippen LogP contribution in [0.25, 0.3) is 0 Å². The van der Waals surface area contributed by atoms with Crippen molar-refractivity contribution in [2.45, 2.75) is 31.7 Å². The largest absolute Gasteiger partial charge is 0.333 e. The average molecular weight is 356 g/mol. The van der Waals surface area contributed by atoms with E-state index in [0.717, 1.165) is 23.2 Å². The fourth-order valence-corrected chi connectivity index (χ4v) is 3.94. The van der Waals surface area contributed by atoms with E-state index in [2.05, 4.69) is 35.3 Å². The maximum atomic E-state index is 13.1. The van der Waals surface area contributed by atoms with Crippen molar-refractivity contribution in [2.75, 3.05) is 7.05 Å². The van der Waals surface area contributed by atoms with Crippen LogP contribution in [0.3, 0.4) is 0 Å². The van der Waals surface area contributed by atoms with Crippen LogP contribution in [-0.4, -0.2) is 22.8 Å². The number of hydrogen-bond acceptors (Lipinski definition) is 2. The minimum absolute atomic E-state index is 0.104. The third-order valence-corrected chi connectivity index (χ3v) is 5.38. The second-order valence-electron chi connectivity index (χ2n) is 7.21. The van der Waals surface area contributed by atoms with Gasteiger partial charge in [0.15, 0.2) is 0 Å². The van der Waals surface area contributed by atoms with Gasteiger partial charge in [-0.3, -0.25) is 9.78 Å². The first kappa shape index (κ1) is 17.5. The number of aryl methyl sites for hydroxylation is 2. The molecule has 2 aromatic carbocycles. The Labute approximate surface area is 160 Å². The lowest BCUT2D eigenvalue weighted by molar-refractivity contribution is -0.130. The van der Waals surface area contributed by atoms with E-state index < -0.39 is 0 Å². The molecule has 1 unspecified atom stereocenters. The molecule has 4 rings (SSSR count). The summed E-state index contributed by atoms with van der Waals surface area (Å²) in [6.07, 6.45) is 5.72. The van der Waals surface area contributed by atoms with Crippen LogP contribution in [0.15, 0.2) is 72.9 Å². The van der Waals surface area contributed by atoms with Crippen LogP contribution in [0, 0.1) is 0 Å². The second kappa shape index (κ2) is 7.75. The smallest absolute Gasteiger partial charge is 0.227 e. The Hall–Kier alpha value is -2.94. The highest BCUT2D eigenvalue weighted by atomic mass is 16.2. The van der Waals surface area contributed by atoms with Gasteiger partial charge < -0.3 is 4.90 Å². The first-order valence-electron chi connectivity index (χ1n) is 9.54. The van der Waals surface area contributed by atoms with E-state index in [4.69, 9.17) is 0 Å². The molecule has 1 aliphatic rings. The normalized spacial score (nSPS) is 13.8. The highest BCUT2D eigenvalue weighted by Crippen LogP contribution is 2.27. The van der Waals surface area contributed by atoms with Crippen LogP contribution in [0.1, 0.15) is 40.4 Å². The van der Waals surface area contributed by atoms with Gasteiger partial charge in [-0.15, -0.1) is 0 Å². The fraction of sp³-hybridized carbons (Fsp3) is 0.250. The van der Waals surface area contributed by atoms with Crippen molar-refractivity contribution >= 4 is 5.91 Å².